The lowest BCUT2D eigenvalue weighted by atomic mass is 9.97. The highest BCUT2D eigenvalue weighted by Crippen LogP contribution is 2.46. The Morgan fingerprint density at radius 3 is 1.79 bits per heavy atom. The fourth-order valence-electron chi connectivity index (χ4n) is 6.01. The number of para-hydroxylation sites is 2. The number of aryl methyl sites for hydroxylation is 6. The summed E-state index contributed by atoms with van der Waals surface area (Å²) in [6.45, 7) is 13.3. The summed E-state index contributed by atoms with van der Waals surface area (Å²) in [5, 5.41) is 0. The average molecular weight is 513 g/mol. The van der Waals surface area contributed by atoms with Crippen molar-refractivity contribution in [2.24, 2.45) is 0 Å². The van der Waals surface area contributed by atoms with Crippen LogP contribution in [-0.4, -0.2) is 9.55 Å². The van der Waals surface area contributed by atoms with E-state index in [2.05, 4.69) is 131 Å². The van der Waals surface area contributed by atoms with Crippen LogP contribution in [0.15, 0.2) is 84.9 Å². The van der Waals surface area contributed by atoms with Crippen LogP contribution in [0, 0.1) is 41.5 Å². The molecule has 4 aromatic carbocycles. The van der Waals surface area contributed by atoms with Crippen molar-refractivity contribution < 1.29 is 0 Å². The molecule has 0 aliphatic rings. The Kier molecular flexibility index (Phi) is 6.04. The van der Waals surface area contributed by atoms with E-state index < -0.39 is 0 Å². The van der Waals surface area contributed by atoms with Gasteiger partial charge in [0.1, 0.15) is 5.82 Å². The van der Waals surface area contributed by atoms with Crippen LogP contribution >= 0.6 is 11.3 Å². The number of aromatic nitrogens is 2. The van der Waals surface area contributed by atoms with Gasteiger partial charge in [-0.1, -0.05) is 77.9 Å². The largest absolute Gasteiger partial charge is 0.291 e. The number of hydrogen-bond acceptors (Lipinski definition) is 2. The molecule has 0 saturated heterocycles. The highest BCUT2D eigenvalue weighted by Gasteiger charge is 2.23. The van der Waals surface area contributed by atoms with Gasteiger partial charge in [0.15, 0.2) is 0 Å². The van der Waals surface area contributed by atoms with E-state index in [0.29, 0.717) is 0 Å². The molecule has 0 atom stereocenters. The molecule has 38 heavy (non-hydrogen) atoms. The standard InChI is InChI=1S/C35H32N2S/c1-21-16-23(3)32(24(4)17-21)31-20-30(34(38-31)33-25(5)18-22(2)19-26(33)6)37-29-15-11-10-14-28(29)36-35(37)27-12-8-7-9-13-27/h7-20H,1-6H3. The zero-order chi connectivity index (χ0) is 26.6. The highest BCUT2D eigenvalue weighted by atomic mass is 32.1. The van der Waals surface area contributed by atoms with Crippen LogP contribution in [0.2, 0.25) is 0 Å². The Labute approximate surface area is 229 Å². The second-order valence-corrected chi connectivity index (χ2v) is 11.6. The van der Waals surface area contributed by atoms with Crippen molar-refractivity contribution in [1.82, 2.24) is 9.55 Å². The zero-order valence-electron chi connectivity index (χ0n) is 22.9. The Bertz CT molecular complexity index is 1770. The molecule has 2 nitrogen and oxygen atoms in total. The number of nitrogens with zero attached hydrogens (tertiary/aromatic N) is 2. The smallest absolute Gasteiger partial charge is 0.145 e. The lowest BCUT2D eigenvalue weighted by molar-refractivity contribution is 1.11. The summed E-state index contributed by atoms with van der Waals surface area (Å²) in [5.74, 6) is 0.970. The quantitative estimate of drug-likeness (QED) is 0.230. The van der Waals surface area contributed by atoms with Gasteiger partial charge in [-0.2, -0.15) is 0 Å². The van der Waals surface area contributed by atoms with E-state index in [1.807, 2.05) is 11.3 Å². The maximum Gasteiger partial charge on any atom is 0.145 e. The van der Waals surface area contributed by atoms with Gasteiger partial charge in [0, 0.05) is 10.4 Å². The van der Waals surface area contributed by atoms with Crippen LogP contribution in [-0.2, 0) is 0 Å². The van der Waals surface area contributed by atoms with Gasteiger partial charge in [0.25, 0.3) is 0 Å². The molecule has 0 amide bonds. The number of hydrogen-bond donors (Lipinski definition) is 0. The van der Waals surface area contributed by atoms with Crippen molar-refractivity contribution in [3.8, 4) is 38.0 Å². The molecule has 0 spiro atoms. The molecular formula is C35H32N2S. The number of imidazole rings is 1. The first kappa shape index (κ1) is 24.4. The van der Waals surface area contributed by atoms with Crippen LogP contribution < -0.4 is 0 Å². The molecule has 0 fully saturated rings. The number of fused-ring (bicyclic) bond motifs is 1. The monoisotopic (exact) mass is 512 g/mol. The van der Waals surface area contributed by atoms with Crippen LogP contribution in [0.1, 0.15) is 33.4 Å². The summed E-state index contributed by atoms with van der Waals surface area (Å²) < 4.78 is 2.37. The van der Waals surface area contributed by atoms with Gasteiger partial charge in [-0.3, -0.25) is 4.57 Å². The maximum atomic E-state index is 5.15. The minimum absolute atomic E-state index is 0.970. The van der Waals surface area contributed by atoms with E-state index in [1.165, 1.54) is 59.9 Å². The van der Waals surface area contributed by atoms with Crippen molar-refractivity contribution in [2.75, 3.05) is 0 Å². The molecule has 0 N–H and O–H groups in total. The number of benzene rings is 4. The minimum atomic E-state index is 0.970. The normalized spacial score (nSPS) is 11.4. The molecule has 6 rings (SSSR count). The molecule has 0 aliphatic heterocycles. The Morgan fingerprint density at radius 2 is 1.16 bits per heavy atom. The molecule has 6 aromatic rings. The van der Waals surface area contributed by atoms with E-state index >= 15 is 0 Å². The van der Waals surface area contributed by atoms with E-state index in [4.69, 9.17) is 4.98 Å². The molecule has 0 bridgehead atoms. The second kappa shape index (κ2) is 9.41. The van der Waals surface area contributed by atoms with Crippen LogP contribution in [0.4, 0.5) is 0 Å². The first-order valence-electron chi connectivity index (χ1n) is 13.2. The van der Waals surface area contributed by atoms with Crippen molar-refractivity contribution in [1.29, 1.82) is 0 Å². The van der Waals surface area contributed by atoms with E-state index in [-0.39, 0.29) is 0 Å². The van der Waals surface area contributed by atoms with Gasteiger partial charge in [-0.25, -0.2) is 4.98 Å². The fraction of sp³-hybridized carbons (Fsp3) is 0.171. The van der Waals surface area contributed by atoms with E-state index in [1.54, 1.807) is 0 Å². The molecule has 0 unspecified atom stereocenters. The summed E-state index contributed by atoms with van der Waals surface area (Å²) in [7, 11) is 0. The summed E-state index contributed by atoms with van der Waals surface area (Å²) in [6.07, 6.45) is 0. The summed E-state index contributed by atoms with van der Waals surface area (Å²) in [5.41, 5.74) is 14.9. The van der Waals surface area contributed by atoms with E-state index in [0.717, 1.165) is 22.4 Å². The third-order valence-corrected chi connectivity index (χ3v) is 8.53. The van der Waals surface area contributed by atoms with Crippen LogP contribution in [0.5, 0.6) is 0 Å². The number of rotatable bonds is 4. The lowest BCUT2D eigenvalue weighted by Crippen LogP contribution is -1.99. The third-order valence-electron chi connectivity index (χ3n) is 7.37. The van der Waals surface area contributed by atoms with Crippen LogP contribution in [0.25, 0.3) is 49.0 Å². The Morgan fingerprint density at radius 1 is 0.605 bits per heavy atom. The van der Waals surface area contributed by atoms with Gasteiger partial charge in [0.2, 0.25) is 0 Å². The minimum Gasteiger partial charge on any atom is -0.291 e. The van der Waals surface area contributed by atoms with Gasteiger partial charge in [-0.15, -0.1) is 11.3 Å². The maximum absolute atomic E-state index is 5.15. The molecule has 0 aliphatic carbocycles. The first-order chi connectivity index (χ1) is 18.3. The van der Waals surface area contributed by atoms with Gasteiger partial charge in [-0.05, 0) is 93.1 Å². The molecule has 2 heterocycles. The summed E-state index contributed by atoms with van der Waals surface area (Å²) >= 11 is 1.90. The van der Waals surface area contributed by atoms with Crippen molar-refractivity contribution in [3.63, 3.8) is 0 Å². The lowest BCUT2D eigenvalue weighted by Gasteiger charge is -2.15. The second-order valence-electron chi connectivity index (χ2n) is 10.5. The predicted molar refractivity (Wildman–Crippen MR) is 164 cm³/mol. The Balaban J connectivity index is 1.73. The molecule has 3 heteroatoms. The first-order valence-corrected chi connectivity index (χ1v) is 14.0. The molecular weight excluding hydrogens is 480 g/mol. The topological polar surface area (TPSA) is 17.8 Å². The van der Waals surface area contributed by atoms with Gasteiger partial charge >= 0.3 is 0 Å². The van der Waals surface area contributed by atoms with E-state index in [9.17, 15) is 0 Å². The predicted octanol–water partition coefficient (Wildman–Crippen LogP) is 9.94. The SMILES string of the molecule is Cc1cc(C)c(-c2cc(-n3c(-c4ccccc4)nc4ccccc43)c(-c3c(C)cc(C)cc3C)s2)c(C)c1. The zero-order valence-corrected chi connectivity index (χ0v) is 23.7. The molecule has 2 aromatic heterocycles. The Hall–Kier alpha value is -3.95. The average Bonchev–Trinajstić information content (AvgIpc) is 3.45. The van der Waals surface area contributed by atoms with Crippen LogP contribution in [0.3, 0.4) is 0 Å². The summed E-state index contributed by atoms with van der Waals surface area (Å²) in [6, 6.07) is 30.6. The molecule has 0 saturated carbocycles. The highest BCUT2D eigenvalue weighted by molar-refractivity contribution is 7.19. The molecule has 0 radical (unpaired) electrons. The van der Waals surface area contributed by atoms with Crippen molar-refractivity contribution in [3.05, 3.63) is 118 Å². The summed E-state index contributed by atoms with van der Waals surface area (Å²) in [4.78, 5) is 7.73. The number of thiophene rings is 1. The van der Waals surface area contributed by atoms with Gasteiger partial charge < -0.3 is 0 Å². The van der Waals surface area contributed by atoms with Gasteiger partial charge in [0.05, 0.1) is 21.6 Å². The van der Waals surface area contributed by atoms with Crippen molar-refractivity contribution >= 4 is 22.4 Å². The fourth-order valence-corrected chi connectivity index (χ4v) is 7.50. The third kappa shape index (κ3) is 4.08. The van der Waals surface area contributed by atoms with Crippen molar-refractivity contribution in [2.45, 2.75) is 41.5 Å². The molecule has 188 valence electrons.